The molecule has 204 valence electrons. The lowest BCUT2D eigenvalue weighted by Gasteiger charge is -2.30. The third kappa shape index (κ3) is 8.61. The maximum absolute atomic E-state index is 13.7. The Bertz CT molecular complexity index is 1100. The van der Waals surface area contributed by atoms with Crippen molar-refractivity contribution in [3.8, 4) is 0 Å². The van der Waals surface area contributed by atoms with Gasteiger partial charge in [-0.15, -0.1) is 0 Å². The van der Waals surface area contributed by atoms with Crippen molar-refractivity contribution in [2.45, 2.75) is 70.7 Å². The topological polar surface area (TPSA) is 128 Å². The molecule has 0 aromatic heterocycles. The van der Waals surface area contributed by atoms with E-state index >= 15 is 0 Å². The van der Waals surface area contributed by atoms with Crippen LogP contribution in [-0.2, 0) is 36.9 Å². The summed E-state index contributed by atoms with van der Waals surface area (Å²) >= 11 is 0. The van der Waals surface area contributed by atoms with Gasteiger partial charge in [-0.25, -0.2) is 9.59 Å². The van der Waals surface area contributed by atoms with Crippen molar-refractivity contribution in [3.63, 3.8) is 0 Å². The van der Waals surface area contributed by atoms with Crippen LogP contribution in [-0.4, -0.2) is 53.0 Å². The molecule has 1 fully saturated rings. The maximum Gasteiger partial charge on any atom is 0.408 e. The zero-order valence-corrected chi connectivity index (χ0v) is 22.2. The fourth-order valence-electron chi connectivity index (χ4n) is 4.46. The maximum atomic E-state index is 13.7. The van der Waals surface area contributed by atoms with Crippen molar-refractivity contribution < 1.29 is 28.7 Å². The number of amides is 3. The SMILES string of the molecule is CC(C)(C)OC(=O)N[C@@H](C[C@H](Cc1ccccc1)C(N)=O)C(=O)N1CCC[C@@H]1C(=O)OCc1ccccc1. The molecule has 1 heterocycles. The highest BCUT2D eigenvalue weighted by Crippen LogP contribution is 2.23. The van der Waals surface area contributed by atoms with Crippen LogP contribution < -0.4 is 11.1 Å². The molecular weight excluding hydrogens is 486 g/mol. The summed E-state index contributed by atoms with van der Waals surface area (Å²) in [6, 6.07) is 16.7. The van der Waals surface area contributed by atoms with E-state index in [-0.39, 0.29) is 13.0 Å². The molecule has 0 spiro atoms. The Morgan fingerprint density at radius 1 is 1.00 bits per heavy atom. The smallest absolute Gasteiger partial charge is 0.408 e. The number of carbonyl (C=O) groups excluding carboxylic acids is 4. The van der Waals surface area contributed by atoms with Crippen molar-refractivity contribution in [2.24, 2.45) is 11.7 Å². The summed E-state index contributed by atoms with van der Waals surface area (Å²) in [7, 11) is 0. The van der Waals surface area contributed by atoms with E-state index in [1.807, 2.05) is 60.7 Å². The number of nitrogens with one attached hydrogen (secondary N) is 1. The number of hydrogen-bond acceptors (Lipinski definition) is 6. The second-order valence-electron chi connectivity index (χ2n) is 10.5. The highest BCUT2D eigenvalue weighted by molar-refractivity contribution is 5.91. The van der Waals surface area contributed by atoms with Gasteiger partial charge in [0.25, 0.3) is 0 Å². The molecule has 9 heteroatoms. The van der Waals surface area contributed by atoms with Crippen molar-refractivity contribution in [1.29, 1.82) is 0 Å². The Morgan fingerprint density at radius 3 is 2.18 bits per heavy atom. The number of likely N-dealkylation sites (tertiary alicyclic amines) is 1. The molecule has 1 aliphatic heterocycles. The lowest BCUT2D eigenvalue weighted by molar-refractivity contribution is -0.155. The summed E-state index contributed by atoms with van der Waals surface area (Å²) in [6.45, 7) is 5.56. The van der Waals surface area contributed by atoms with E-state index in [9.17, 15) is 19.2 Å². The minimum atomic E-state index is -1.12. The number of ether oxygens (including phenoxy) is 2. The van der Waals surface area contributed by atoms with Crippen molar-refractivity contribution in [3.05, 3.63) is 71.8 Å². The van der Waals surface area contributed by atoms with E-state index in [0.717, 1.165) is 11.1 Å². The summed E-state index contributed by atoms with van der Waals surface area (Å²) in [6.07, 6.45) is 0.533. The van der Waals surface area contributed by atoms with Crippen LogP contribution in [0.3, 0.4) is 0 Å². The normalized spacial score (nSPS) is 16.8. The van der Waals surface area contributed by atoms with Gasteiger partial charge in [0, 0.05) is 12.5 Å². The molecule has 1 saturated heterocycles. The number of carbonyl (C=O) groups is 4. The number of nitrogens with zero attached hydrogens (tertiary/aromatic N) is 1. The quantitative estimate of drug-likeness (QED) is 0.460. The fourth-order valence-corrected chi connectivity index (χ4v) is 4.46. The lowest BCUT2D eigenvalue weighted by atomic mass is 9.91. The Morgan fingerprint density at radius 2 is 1.61 bits per heavy atom. The van der Waals surface area contributed by atoms with Crippen molar-refractivity contribution in [1.82, 2.24) is 10.2 Å². The Labute approximate surface area is 223 Å². The van der Waals surface area contributed by atoms with Crippen LogP contribution in [0.2, 0.25) is 0 Å². The minimum absolute atomic E-state index is 0.0371. The minimum Gasteiger partial charge on any atom is -0.459 e. The van der Waals surface area contributed by atoms with E-state index in [1.165, 1.54) is 4.90 Å². The number of nitrogens with two attached hydrogens (primary N) is 1. The van der Waals surface area contributed by atoms with Gasteiger partial charge < -0.3 is 25.4 Å². The molecule has 3 rings (SSSR count). The summed E-state index contributed by atoms with van der Waals surface area (Å²) in [4.78, 5) is 53.1. The van der Waals surface area contributed by atoms with Crippen LogP contribution in [0.15, 0.2) is 60.7 Å². The first kappa shape index (κ1) is 28.7. The van der Waals surface area contributed by atoms with Crippen molar-refractivity contribution >= 4 is 23.9 Å². The Balaban J connectivity index is 1.76. The van der Waals surface area contributed by atoms with Gasteiger partial charge in [0.2, 0.25) is 11.8 Å². The van der Waals surface area contributed by atoms with Gasteiger partial charge in [-0.05, 0) is 57.6 Å². The van der Waals surface area contributed by atoms with E-state index in [1.54, 1.807) is 20.8 Å². The monoisotopic (exact) mass is 523 g/mol. The second-order valence-corrected chi connectivity index (χ2v) is 10.5. The Hall–Kier alpha value is -3.88. The predicted molar refractivity (Wildman–Crippen MR) is 142 cm³/mol. The van der Waals surface area contributed by atoms with Gasteiger partial charge in [0.15, 0.2) is 0 Å². The van der Waals surface area contributed by atoms with Crippen LogP contribution >= 0.6 is 0 Å². The van der Waals surface area contributed by atoms with E-state index in [4.69, 9.17) is 15.2 Å². The highest BCUT2D eigenvalue weighted by atomic mass is 16.6. The largest absolute Gasteiger partial charge is 0.459 e. The molecule has 0 radical (unpaired) electrons. The van der Waals surface area contributed by atoms with Crippen LogP contribution in [0.4, 0.5) is 4.79 Å². The molecule has 0 unspecified atom stereocenters. The zero-order chi connectivity index (χ0) is 27.7. The van der Waals surface area contributed by atoms with Crippen LogP contribution in [0, 0.1) is 5.92 Å². The first-order chi connectivity index (χ1) is 18.0. The average Bonchev–Trinajstić information content (AvgIpc) is 3.36. The molecule has 2 aromatic carbocycles. The lowest BCUT2D eigenvalue weighted by Crippen LogP contribution is -2.53. The summed E-state index contributed by atoms with van der Waals surface area (Å²) < 4.78 is 10.9. The summed E-state index contributed by atoms with van der Waals surface area (Å²) in [5, 5.41) is 2.63. The van der Waals surface area contributed by atoms with Crippen LogP contribution in [0.25, 0.3) is 0 Å². The fraction of sp³-hybridized carbons (Fsp3) is 0.448. The molecule has 0 bridgehead atoms. The van der Waals surface area contributed by atoms with Gasteiger partial charge in [0.1, 0.15) is 24.3 Å². The second kappa shape index (κ2) is 13.1. The molecule has 3 atom stereocenters. The molecule has 0 aliphatic carbocycles. The number of alkyl carbamates (subject to hydrolysis) is 1. The number of rotatable bonds is 10. The average molecular weight is 524 g/mol. The predicted octanol–water partition coefficient (Wildman–Crippen LogP) is 3.35. The van der Waals surface area contributed by atoms with Crippen molar-refractivity contribution in [2.75, 3.05) is 6.54 Å². The molecule has 38 heavy (non-hydrogen) atoms. The molecule has 2 aromatic rings. The van der Waals surface area contributed by atoms with Crippen LogP contribution in [0.5, 0.6) is 0 Å². The molecule has 1 aliphatic rings. The Kier molecular flexibility index (Phi) is 9.87. The number of hydrogen-bond donors (Lipinski definition) is 2. The van der Waals surface area contributed by atoms with Gasteiger partial charge in [-0.3, -0.25) is 9.59 Å². The summed E-state index contributed by atoms with van der Waals surface area (Å²) in [5.41, 5.74) is 6.64. The zero-order valence-electron chi connectivity index (χ0n) is 22.2. The first-order valence-corrected chi connectivity index (χ1v) is 12.9. The van der Waals surface area contributed by atoms with Gasteiger partial charge in [-0.1, -0.05) is 60.7 Å². The summed E-state index contributed by atoms with van der Waals surface area (Å²) in [5.74, 6) is -2.30. The molecule has 3 N–H and O–H groups in total. The molecule has 0 saturated carbocycles. The van der Waals surface area contributed by atoms with Gasteiger partial charge in [-0.2, -0.15) is 0 Å². The standard InChI is InChI=1S/C29H37N3O6/c1-29(2,3)38-28(36)31-23(18-22(25(30)33)17-20-11-6-4-7-12-20)26(34)32-16-10-15-24(32)27(35)37-19-21-13-8-5-9-14-21/h4-9,11-14,22-24H,10,15-19H2,1-3H3,(H2,30,33)(H,31,36)/t22-,23-,24+/m0/s1. The number of esters is 1. The molecule has 3 amide bonds. The third-order valence-electron chi connectivity index (χ3n) is 6.27. The van der Waals surface area contributed by atoms with Crippen LogP contribution in [0.1, 0.15) is 51.2 Å². The third-order valence-corrected chi connectivity index (χ3v) is 6.27. The van der Waals surface area contributed by atoms with Gasteiger partial charge in [0.05, 0.1) is 0 Å². The van der Waals surface area contributed by atoms with E-state index in [0.29, 0.717) is 25.8 Å². The molecule has 9 nitrogen and oxygen atoms in total. The number of primary amides is 1. The van der Waals surface area contributed by atoms with E-state index in [2.05, 4.69) is 5.32 Å². The first-order valence-electron chi connectivity index (χ1n) is 12.9. The highest BCUT2D eigenvalue weighted by Gasteiger charge is 2.40. The molecular formula is C29H37N3O6. The number of benzene rings is 2. The van der Waals surface area contributed by atoms with Gasteiger partial charge >= 0.3 is 12.1 Å². The van der Waals surface area contributed by atoms with E-state index < -0.39 is 47.5 Å².